The third kappa shape index (κ3) is 3.91. The summed E-state index contributed by atoms with van der Waals surface area (Å²) in [4.78, 5) is 16.6. The van der Waals surface area contributed by atoms with Crippen LogP contribution in [-0.2, 0) is 6.54 Å². The molecule has 0 aliphatic heterocycles. The van der Waals surface area contributed by atoms with Gasteiger partial charge in [0.15, 0.2) is 0 Å². The van der Waals surface area contributed by atoms with Gasteiger partial charge in [-0.1, -0.05) is 24.3 Å². The summed E-state index contributed by atoms with van der Waals surface area (Å²) >= 11 is 0. The first-order valence-electron chi connectivity index (χ1n) is 8.93. The fraction of sp³-hybridized carbons (Fsp3) is 0.143. The molecule has 2 aromatic carbocycles. The summed E-state index contributed by atoms with van der Waals surface area (Å²) < 4.78 is 0. The number of hydrogen-bond donors (Lipinski definition) is 4. The molecule has 0 saturated carbocycles. The van der Waals surface area contributed by atoms with Crippen molar-refractivity contribution in [2.75, 3.05) is 13.2 Å². The predicted molar refractivity (Wildman–Crippen MR) is 112 cm³/mol. The Bertz CT molecular complexity index is 1200. The number of hydrogen-bond acceptors (Lipinski definition) is 7. The molecule has 0 amide bonds. The molecule has 0 radical (unpaired) electrons. The van der Waals surface area contributed by atoms with E-state index in [-0.39, 0.29) is 25.3 Å². The average Bonchev–Trinajstić information content (AvgIpc) is 2.76. The molecule has 1 aromatic heterocycles. The maximum absolute atomic E-state index is 12.1. The van der Waals surface area contributed by atoms with Crippen molar-refractivity contribution in [1.29, 1.82) is 5.26 Å². The van der Waals surface area contributed by atoms with Crippen molar-refractivity contribution in [2.45, 2.75) is 6.54 Å². The number of H-pyrrole nitrogens is 1. The van der Waals surface area contributed by atoms with Gasteiger partial charge in [0.25, 0.3) is 5.56 Å². The Labute approximate surface area is 166 Å². The van der Waals surface area contributed by atoms with Crippen molar-refractivity contribution < 1.29 is 5.11 Å². The van der Waals surface area contributed by atoms with Crippen molar-refractivity contribution in [3.05, 3.63) is 81.4 Å². The van der Waals surface area contributed by atoms with E-state index in [4.69, 9.17) is 11.5 Å². The quantitative estimate of drug-likeness (QED) is 0.463. The highest BCUT2D eigenvalue weighted by molar-refractivity contribution is 6.32. The van der Waals surface area contributed by atoms with E-state index in [1.807, 2.05) is 0 Å². The lowest BCUT2D eigenvalue weighted by Gasteiger charge is -2.14. The third-order valence-corrected chi connectivity index (χ3v) is 4.47. The Kier molecular flexibility index (Phi) is 6.14. The molecule has 0 bridgehead atoms. The average molecular weight is 388 g/mol. The van der Waals surface area contributed by atoms with E-state index in [1.165, 1.54) is 6.20 Å². The van der Waals surface area contributed by atoms with Crippen molar-refractivity contribution in [3.8, 4) is 6.07 Å². The van der Waals surface area contributed by atoms with Gasteiger partial charge in [-0.2, -0.15) is 10.4 Å². The maximum Gasteiger partial charge on any atom is 0.272 e. The first-order chi connectivity index (χ1) is 14.1. The van der Waals surface area contributed by atoms with Crippen LogP contribution in [0.25, 0.3) is 16.3 Å². The molecule has 0 fully saturated rings. The molecule has 8 heteroatoms. The third-order valence-electron chi connectivity index (χ3n) is 4.47. The SMILES string of the molecule is N#Cc1ccccc1C(=NCCO)C(=CN)c1ccc2c(=O)[nH]nc(CN)c2c1. The number of allylic oxidation sites excluding steroid dienone is 1. The number of aliphatic hydroxyl groups excluding tert-OH is 1. The largest absolute Gasteiger partial charge is 0.404 e. The number of aromatic amines is 1. The van der Waals surface area contributed by atoms with Crippen LogP contribution < -0.4 is 17.0 Å². The number of rotatable bonds is 6. The Morgan fingerprint density at radius 2 is 2.07 bits per heavy atom. The molecule has 3 rings (SSSR count). The van der Waals surface area contributed by atoms with Crippen molar-refractivity contribution in [2.24, 2.45) is 16.5 Å². The standard InChI is InChI=1S/C21H20N6O2/c22-10-14-3-1-2-4-15(14)20(25-7-8-28)18(11-23)13-5-6-16-17(9-13)19(12-24)26-27-21(16)29/h1-6,9,11,28H,7-8,12,23-24H2,(H,27,29). The van der Waals surface area contributed by atoms with Gasteiger partial charge in [0.2, 0.25) is 0 Å². The zero-order chi connectivity index (χ0) is 20.8. The number of nitrogens with one attached hydrogen (secondary N) is 1. The van der Waals surface area contributed by atoms with E-state index < -0.39 is 0 Å². The van der Waals surface area contributed by atoms with E-state index in [1.54, 1.807) is 42.5 Å². The fourth-order valence-electron chi connectivity index (χ4n) is 3.12. The minimum absolute atomic E-state index is 0.148. The number of aromatic nitrogens is 2. The van der Waals surface area contributed by atoms with Crippen molar-refractivity contribution >= 4 is 22.1 Å². The topological polar surface area (TPSA) is 154 Å². The van der Waals surface area contributed by atoms with Crippen molar-refractivity contribution in [1.82, 2.24) is 10.2 Å². The van der Waals surface area contributed by atoms with E-state index in [0.29, 0.717) is 44.4 Å². The zero-order valence-corrected chi connectivity index (χ0v) is 15.6. The van der Waals surface area contributed by atoms with Gasteiger partial charge in [0.1, 0.15) is 0 Å². The van der Waals surface area contributed by atoms with Crippen LogP contribution in [0, 0.1) is 11.3 Å². The number of nitrogens with zero attached hydrogens (tertiary/aromatic N) is 3. The monoisotopic (exact) mass is 388 g/mol. The summed E-state index contributed by atoms with van der Waals surface area (Å²) in [5, 5.41) is 26.3. The van der Waals surface area contributed by atoms with E-state index in [2.05, 4.69) is 21.3 Å². The molecule has 0 aliphatic carbocycles. The minimum Gasteiger partial charge on any atom is -0.404 e. The highest BCUT2D eigenvalue weighted by Gasteiger charge is 2.17. The minimum atomic E-state index is -0.314. The first kappa shape index (κ1) is 19.9. The molecule has 1 heterocycles. The lowest BCUT2D eigenvalue weighted by atomic mass is 9.92. The molecular weight excluding hydrogens is 368 g/mol. The summed E-state index contributed by atoms with van der Waals surface area (Å²) in [6.45, 7) is 0.154. The van der Waals surface area contributed by atoms with E-state index in [0.717, 1.165) is 0 Å². The molecule has 0 spiro atoms. The van der Waals surface area contributed by atoms with Crippen LogP contribution in [0.15, 0.2) is 58.5 Å². The number of benzene rings is 2. The van der Waals surface area contributed by atoms with Gasteiger partial charge in [-0.3, -0.25) is 9.79 Å². The second-order valence-electron chi connectivity index (χ2n) is 6.16. The Hall–Kier alpha value is -3.80. The van der Waals surface area contributed by atoms with Crippen LogP contribution in [0.1, 0.15) is 22.4 Å². The van der Waals surface area contributed by atoms with Crippen LogP contribution in [-0.4, -0.2) is 34.2 Å². The Morgan fingerprint density at radius 3 is 2.76 bits per heavy atom. The van der Waals surface area contributed by atoms with Gasteiger partial charge >= 0.3 is 0 Å². The fourth-order valence-corrected chi connectivity index (χ4v) is 3.12. The number of nitrogens with two attached hydrogens (primary N) is 2. The van der Waals surface area contributed by atoms with Gasteiger partial charge in [-0.15, -0.1) is 0 Å². The van der Waals surface area contributed by atoms with E-state index in [9.17, 15) is 15.2 Å². The molecule has 0 unspecified atom stereocenters. The molecule has 8 nitrogen and oxygen atoms in total. The maximum atomic E-state index is 12.1. The normalized spacial score (nSPS) is 12.2. The summed E-state index contributed by atoms with van der Waals surface area (Å²) in [5.41, 5.74) is 14.7. The van der Waals surface area contributed by atoms with Gasteiger partial charge in [-0.05, 0) is 23.8 Å². The summed E-state index contributed by atoms with van der Waals surface area (Å²) in [6, 6.07) is 14.4. The molecule has 0 aliphatic rings. The first-order valence-corrected chi connectivity index (χ1v) is 8.93. The second kappa shape index (κ2) is 8.93. The van der Waals surface area contributed by atoms with Gasteiger partial charge in [-0.25, -0.2) is 5.10 Å². The predicted octanol–water partition coefficient (Wildman–Crippen LogP) is 1.03. The molecule has 146 valence electrons. The van der Waals surface area contributed by atoms with E-state index >= 15 is 0 Å². The molecule has 0 atom stereocenters. The molecular formula is C21H20N6O2. The highest BCUT2D eigenvalue weighted by Crippen LogP contribution is 2.25. The highest BCUT2D eigenvalue weighted by atomic mass is 16.3. The molecule has 6 N–H and O–H groups in total. The number of aliphatic imine (C=N–C) groups is 1. The van der Waals surface area contributed by atoms with Crippen LogP contribution in [0.5, 0.6) is 0 Å². The lowest BCUT2D eigenvalue weighted by molar-refractivity contribution is 0.307. The number of fused-ring (bicyclic) bond motifs is 1. The number of nitriles is 1. The molecule has 0 saturated heterocycles. The summed E-state index contributed by atoms with van der Waals surface area (Å²) in [7, 11) is 0. The zero-order valence-electron chi connectivity index (χ0n) is 15.6. The van der Waals surface area contributed by atoms with Crippen LogP contribution in [0.3, 0.4) is 0 Å². The Morgan fingerprint density at radius 1 is 1.28 bits per heavy atom. The smallest absolute Gasteiger partial charge is 0.272 e. The van der Waals surface area contributed by atoms with Crippen molar-refractivity contribution in [3.63, 3.8) is 0 Å². The van der Waals surface area contributed by atoms with Crippen LogP contribution >= 0.6 is 0 Å². The van der Waals surface area contributed by atoms with Gasteiger partial charge in [0, 0.05) is 29.3 Å². The van der Waals surface area contributed by atoms with Crippen LogP contribution in [0.2, 0.25) is 0 Å². The van der Waals surface area contributed by atoms with Gasteiger partial charge < -0.3 is 16.6 Å². The second-order valence-corrected chi connectivity index (χ2v) is 6.16. The summed E-state index contributed by atoms with van der Waals surface area (Å²) in [5.74, 6) is 0. The molecule has 3 aromatic rings. The summed E-state index contributed by atoms with van der Waals surface area (Å²) in [6.07, 6.45) is 1.40. The Balaban J connectivity index is 2.23. The number of aliphatic hydroxyl groups is 1. The lowest BCUT2D eigenvalue weighted by Crippen LogP contribution is -2.14. The molecule has 29 heavy (non-hydrogen) atoms. The van der Waals surface area contributed by atoms with Gasteiger partial charge in [0.05, 0.1) is 41.6 Å². The van der Waals surface area contributed by atoms with Crippen LogP contribution in [0.4, 0.5) is 0 Å².